The highest BCUT2D eigenvalue weighted by molar-refractivity contribution is 7.38. The van der Waals surface area contributed by atoms with E-state index in [1.807, 2.05) is 20.1 Å². The van der Waals surface area contributed by atoms with Gasteiger partial charge in [-0.15, -0.1) is 8.58 Å². The second kappa shape index (κ2) is 10.3. The first-order chi connectivity index (χ1) is 15.9. The molecule has 4 rings (SSSR count). The Hall–Kier alpha value is -2.26. The zero-order valence-electron chi connectivity index (χ0n) is 20.3. The van der Waals surface area contributed by atoms with Gasteiger partial charge >= 0.3 is 0 Å². The van der Waals surface area contributed by atoms with Gasteiger partial charge in [-0.3, -0.25) is 4.79 Å². The molecule has 1 saturated carbocycles. The number of hydrogen-bond donors (Lipinski definition) is 1. The first-order valence-electron chi connectivity index (χ1n) is 12.3. The fourth-order valence-electron chi connectivity index (χ4n) is 5.40. The number of allylic oxidation sites excluding steroid dienone is 1. The van der Waals surface area contributed by atoms with Crippen molar-refractivity contribution in [1.29, 1.82) is 0 Å². The third-order valence-corrected chi connectivity index (χ3v) is 8.67. The summed E-state index contributed by atoms with van der Waals surface area (Å²) >= 11 is 0. The summed E-state index contributed by atoms with van der Waals surface area (Å²) in [6.45, 7) is 10.8. The number of carbonyl (C=O) groups excluding carboxylic acids is 1. The highest BCUT2D eigenvalue weighted by Crippen LogP contribution is 2.52. The molecule has 2 fully saturated rings. The van der Waals surface area contributed by atoms with E-state index in [1.54, 1.807) is 6.92 Å². The van der Waals surface area contributed by atoms with Crippen molar-refractivity contribution in [2.75, 3.05) is 23.8 Å². The second-order valence-corrected chi connectivity index (χ2v) is 11.0. The van der Waals surface area contributed by atoms with Crippen molar-refractivity contribution in [3.8, 4) is 0 Å². The lowest BCUT2D eigenvalue weighted by Gasteiger charge is -2.26. The average Bonchev–Trinajstić information content (AvgIpc) is 3.42. The Balaban J connectivity index is 1.70. The number of para-hydroxylation sites is 1. The van der Waals surface area contributed by atoms with Crippen molar-refractivity contribution in [3.63, 3.8) is 0 Å². The summed E-state index contributed by atoms with van der Waals surface area (Å²) < 4.78 is 0. The van der Waals surface area contributed by atoms with Crippen LogP contribution < -0.4 is 10.2 Å². The van der Waals surface area contributed by atoms with Crippen LogP contribution in [-0.4, -0.2) is 42.7 Å². The van der Waals surface area contributed by atoms with Gasteiger partial charge in [-0.2, -0.15) is 0 Å². The summed E-state index contributed by atoms with van der Waals surface area (Å²) in [6.07, 6.45) is 11.3. The van der Waals surface area contributed by atoms with Crippen LogP contribution in [0.4, 0.5) is 5.69 Å². The maximum Gasteiger partial charge on any atom is 0.265 e. The fraction of sp³-hybridized carbons (Fsp3) is 0.519. The first kappa shape index (κ1) is 23.9. The van der Waals surface area contributed by atoms with Crippen LogP contribution in [0.5, 0.6) is 0 Å². The van der Waals surface area contributed by atoms with Gasteiger partial charge in [0, 0.05) is 29.9 Å². The van der Waals surface area contributed by atoms with E-state index in [1.165, 1.54) is 49.3 Å². The van der Waals surface area contributed by atoms with Gasteiger partial charge in [0.15, 0.2) is 5.82 Å². The normalized spacial score (nSPS) is 25.1. The molecule has 1 saturated heterocycles. The van der Waals surface area contributed by atoms with Crippen molar-refractivity contribution in [2.45, 2.75) is 70.8 Å². The summed E-state index contributed by atoms with van der Waals surface area (Å²) in [7, 11) is 1.01. The lowest BCUT2D eigenvalue weighted by molar-refractivity contribution is -0.115. The van der Waals surface area contributed by atoms with Crippen molar-refractivity contribution in [3.05, 3.63) is 53.5 Å². The molecule has 2 heterocycles. The van der Waals surface area contributed by atoms with Crippen LogP contribution in [0.3, 0.4) is 0 Å². The number of anilines is 1. The number of fused-ring (bicyclic) bond motifs is 2. The topological polar surface area (TPSA) is 57.1 Å². The minimum absolute atomic E-state index is 0.0873. The van der Waals surface area contributed by atoms with E-state index >= 15 is 0 Å². The highest BCUT2D eigenvalue weighted by atomic mass is 31.1. The molecule has 6 heteroatoms. The Kier molecular flexibility index (Phi) is 7.48. The van der Waals surface area contributed by atoms with Gasteiger partial charge in [0.25, 0.3) is 5.91 Å². The molecule has 1 aromatic carbocycles. The largest absolute Gasteiger partial charge is 0.348 e. The predicted molar refractivity (Wildman–Crippen MR) is 142 cm³/mol. The Labute approximate surface area is 200 Å². The molecule has 3 aliphatic rings. The molecule has 33 heavy (non-hydrogen) atoms. The lowest BCUT2D eigenvalue weighted by atomic mass is 9.82. The van der Waals surface area contributed by atoms with E-state index < -0.39 is 0 Å². The van der Waals surface area contributed by atoms with Gasteiger partial charge < -0.3 is 10.2 Å². The van der Waals surface area contributed by atoms with Crippen LogP contribution in [0.25, 0.3) is 0 Å². The molecule has 1 spiro atoms. The molecule has 0 aromatic heterocycles. The van der Waals surface area contributed by atoms with Crippen LogP contribution in [0.1, 0.15) is 64.9 Å². The van der Waals surface area contributed by atoms with Crippen molar-refractivity contribution < 1.29 is 4.79 Å². The number of benzene rings is 1. The number of carbonyl (C=O) groups is 1. The van der Waals surface area contributed by atoms with Gasteiger partial charge in [0.2, 0.25) is 0 Å². The molecule has 1 aromatic rings. The van der Waals surface area contributed by atoms with Gasteiger partial charge in [-0.25, -0.2) is 9.98 Å². The molecule has 1 amide bonds. The number of nitrogens with zero attached hydrogens (tertiary/aromatic N) is 3. The molecule has 1 aliphatic carbocycles. The van der Waals surface area contributed by atoms with Crippen LogP contribution in [-0.2, 0) is 10.2 Å². The Morgan fingerprint density at radius 1 is 1.24 bits per heavy atom. The SMILES string of the molecule is C=C(C)/C(N=C(C)C(=O)NC1CCCCC1)=C(\N=CC)N1CC2(CCPC2)c2ccccc21. The molecule has 5 nitrogen and oxygen atoms in total. The predicted octanol–water partition coefficient (Wildman–Crippen LogP) is 5.57. The number of nitrogens with one attached hydrogen (secondary N) is 1. The summed E-state index contributed by atoms with van der Waals surface area (Å²) in [5.41, 5.74) is 4.80. The van der Waals surface area contributed by atoms with Crippen molar-refractivity contribution >= 4 is 32.1 Å². The standard InChI is InChI=1S/C27H37N4OP/c1-5-28-25(31-17-27(15-16-33-18-27)22-13-9-10-14-23(22)31)24(19(2)3)29-20(4)26(32)30-21-11-7-6-8-12-21/h5,9-10,13-14,21,33H,2,6-8,11-12,15-18H2,1,3-4H3,(H,30,32)/b25-24-,28-5?,29-20?. The van der Waals surface area contributed by atoms with Crippen LogP contribution in [0.2, 0.25) is 0 Å². The summed E-state index contributed by atoms with van der Waals surface area (Å²) in [4.78, 5) is 24.9. The Morgan fingerprint density at radius 3 is 2.67 bits per heavy atom. The lowest BCUT2D eigenvalue weighted by Crippen LogP contribution is -2.39. The van der Waals surface area contributed by atoms with Crippen molar-refractivity contribution in [1.82, 2.24) is 5.32 Å². The minimum atomic E-state index is -0.0873. The van der Waals surface area contributed by atoms with Gasteiger partial charge in [-0.05, 0) is 69.6 Å². The van der Waals surface area contributed by atoms with Crippen LogP contribution in [0.15, 0.2) is 57.9 Å². The maximum atomic E-state index is 12.9. The zero-order chi connectivity index (χ0) is 23.4. The number of amides is 1. The molecule has 2 aliphatic heterocycles. The third kappa shape index (κ3) is 4.99. The molecule has 0 bridgehead atoms. The molecule has 2 atom stereocenters. The maximum absolute atomic E-state index is 12.9. The average molecular weight is 465 g/mol. The summed E-state index contributed by atoms with van der Waals surface area (Å²) in [5.74, 6) is 0.699. The van der Waals surface area contributed by atoms with Crippen LogP contribution >= 0.6 is 8.58 Å². The number of rotatable bonds is 6. The fourth-order valence-corrected chi connectivity index (χ4v) is 7.19. The molecule has 2 unspecified atom stereocenters. The van der Waals surface area contributed by atoms with E-state index in [0.29, 0.717) is 11.4 Å². The van der Waals surface area contributed by atoms with E-state index in [2.05, 4.69) is 41.1 Å². The quantitative estimate of drug-likeness (QED) is 0.340. The smallest absolute Gasteiger partial charge is 0.265 e. The molecule has 0 radical (unpaired) electrons. The molecule has 1 N–H and O–H groups in total. The highest BCUT2D eigenvalue weighted by Gasteiger charge is 2.45. The Morgan fingerprint density at radius 2 is 2.00 bits per heavy atom. The second-order valence-electron chi connectivity index (χ2n) is 9.66. The van der Waals surface area contributed by atoms with Gasteiger partial charge in [-0.1, -0.05) is 44.0 Å². The van der Waals surface area contributed by atoms with E-state index in [9.17, 15) is 4.79 Å². The van der Waals surface area contributed by atoms with E-state index in [4.69, 9.17) is 9.98 Å². The van der Waals surface area contributed by atoms with Gasteiger partial charge in [0.1, 0.15) is 11.4 Å². The van der Waals surface area contributed by atoms with E-state index in [0.717, 1.165) is 39.4 Å². The van der Waals surface area contributed by atoms with Crippen LogP contribution in [0, 0.1) is 0 Å². The first-order valence-corrected chi connectivity index (χ1v) is 13.7. The summed E-state index contributed by atoms with van der Waals surface area (Å²) in [5, 5.41) is 3.19. The number of hydrogen-bond acceptors (Lipinski definition) is 4. The van der Waals surface area contributed by atoms with Crippen molar-refractivity contribution in [2.24, 2.45) is 9.98 Å². The minimum Gasteiger partial charge on any atom is -0.348 e. The molecular weight excluding hydrogens is 427 g/mol. The molecular formula is C27H37N4OP. The van der Waals surface area contributed by atoms with E-state index in [-0.39, 0.29) is 17.4 Å². The molecule has 176 valence electrons. The summed E-state index contributed by atoms with van der Waals surface area (Å²) in [6, 6.07) is 8.98. The zero-order valence-corrected chi connectivity index (χ0v) is 21.3. The van der Waals surface area contributed by atoms with Gasteiger partial charge in [0.05, 0.1) is 0 Å². The monoisotopic (exact) mass is 464 g/mol. The Bertz CT molecular complexity index is 997. The third-order valence-electron chi connectivity index (χ3n) is 7.14. The number of aliphatic imine (C=N–C) groups is 2.